The lowest BCUT2D eigenvalue weighted by molar-refractivity contribution is -0.137. The highest BCUT2D eigenvalue weighted by atomic mass is 16.5. The van der Waals surface area contributed by atoms with Crippen LogP contribution < -0.4 is 4.74 Å². The van der Waals surface area contributed by atoms with Crippen molar-refractivity contribution < 1.29 is 9.53 Å². The third-order valence-electron chi connectivity index (χ3n) is 4.89. The standard InChI is InChI=1S/C18H26N2O2/c1-14-11-17(8-9-19-14)22-13-15-5-4-10-20(12-15)18(21)16-6-2-3-7-16/h8-9,11,15-16H,2-7,10,12-13H2,1H3. The van der Waals surface area contributed by atoms with E-state index in [0.29, 0.717) is 24.3 Å². The zero-order valence-corrected chi connectivity index (χ0v) is 13.5. The van der Waals surface area contributed by atoms with E-state index in [9.17, 15) is 4.79 Å². The Bertz CT molecular complexity index is 512. The Morgan fingerprint density at radius 1 is 1.32 bits per heavy atom. The van der Waals surface area contributed by atoms with Gasteiger partial charge in [0, 0.05) is 42.9 Å². The quantitative estimate of drug-likeness (QED) is 0.858. The van der Waals surface area contributed by atoms with Gasteiger partial charge in [-0.2, -0.15) is 0 Å². The second kappa shape index (κ2) is 7.12. The largest absolute Gasteiger partial charge is 0.493 e. The molecule has 1 saturated carbocycles. The number of hydrogen-bond acceptors (Lipinski definition) is 3. The van der Waals surface area contributed by atoms with Gasteiger partial charge in [0.05, 0.1) is 6.61 Å². The average Bonchev–Trinajstić information content (AvgIpc) is 3.07. The van der Waals surface area contributed by atoms with E-state index in [1.54, 1.807) is 6.20 Å². The van der Waals surface area contributed by atoms with Crippen LogP contribution in [-0.4, -0.2) is 35.5 Å². The highest BCUT2D eigenvalue weighted by Crippen LogP contribution is 2.28. The fraction of sp³-hybridized carbons (Fsp3) is 0.667. The fourth-order valence-electron chi connectivity index (χ4n) is 3.66. The molecule has 2 heterocycles. The van der Waals surface area contributed by atoms with Crippen LogP contribution in [0.3, 0.4) is 0 Å². The summed E-state index contributed by atoms with van der Waals surface area (Å²) in [7, 11) is 0. The lowest BCUT2D eigenvalue weighted by atomic mass is 9.97. The maximum absolute atomic E-state index is 12.5. The molecule has 2 aliphatic rings. The minimum atomic E-state index is 0.294. The van der Waals surface area contributed by atoms with Crippen LogP contribution in [0, 0.1) is 18.8 Å². The molecule has 1 saturated heterocycles. The number of hydrogen-bond donors (Lipinski definition) is 0. The Morgan fingerprint density at radius 3 is 2.91 bits per heavy atom. The van der Waals surface area contributed by atoms with Crippen LogP contribution in [-0.2, 0) is 4.79 Å². The number of amides is 1. The van der Waals surface area contributed by atoms with E-state index in [0.717, 1.165) is 50.2 Å². The molecule has 1 aliphatic heterocycles. The van der Waals surface area contributed by atoms with Crippen molar-refractivity contribution in [1.29, 1.82) is 0 Å². The number of likely N-dealkylation sites (tertiary alicyclic amines) is 1. The summed E-state index contributed by atoms with van der Waals surface area (Å²) in [4.78, 5) is 18.8. The van der Waals surface area contributed by atoms with Crippen molar-refractivity contribution in [2.75, 3.05) is 19.7 Å². The normalized spacial score (nSPS) is 22.8. The topological polar surface area (TPSA) is 42.4 Å². The van der Waals surface area contributed by atoms with Gasteiger partial charge in [0.15, 0.2) is 0 Å². The molecule has 1 aromatic heterocycles. The van der Waals surface area contributed by atoms with Crippen molar-refractivity contribution in [3.05, 3.63) is 24.0 Å². The van der Waals surface area contributed by atoms with E-state index in [1.807, 2.05) is 19.1 Å². The van der Waals surface area contributed by atoms with Crippen LogP contribution in [0.15, 0.2) is 18.3 Å². The predicted octanol–water partition coefficient (Wildman–Crippen LogP) is 3.20. The smallest absolute Gasteiger partial charge is 0.225 e. The lowest BCUT2D eigenvalue weighted by Crippen LogP contribution is -2.43. The van der Waals surface area contributed by atoms with Crippen LogP contribution in [0.5, 0.6) is 5.75 Å². The first-order valence-electron chi connectivity index (χ1n) is 8.56. The minimum absolute atomic E-state index is 0.294. The summed E-state index contributed by atoms with van der Waals surface area (Å²) in [6.07, 6.45) is 8.65. The summed E-state index contributed by atoms with van der Waals surface area (Å²) in [5, 5.41) is 0. The summed E-state index contributed by atoms with van der Waals surface area (Å²) in [5.41, 5.74) is 0.971. The maximum atomic E-state index is 12.5. The van der Waals surface area contributed by atoms with Crippen molar-refractivity contribution in [3.63, 3.8) is 0 Å². The first-order chi connectivity index (χ1) is 10.7. The van der Waals surface area contributed by atoms with Crippen LogP contribution in [0.2, 0.25) is 0 Å². The van der Waals surface area contributed by atoms with Gasteiger partial charge < -0.3 is 9.64 Å². The molecule has 3 rings (SSSR count). The number of pyridine rings is 1. The van der Waals surface area contributed by atoms with E-state index in [-0.39, 0.29) is 0 Å². The van der Waals surface area contributed by atoms with E-state index >= 15 is 0 Å². The van der Waals surface area contributed by atoms with Crippen LogP contribution in [0.1, 0.15) is 44.2 Å². The van der Waals surface area contributed by atoms with Crippen LogP contribution in [0.25, 0.3) is 0 Å². The van der Waals surface area contributed by atoms with Gasteiger partial charge in [0.25, 0.3) is 0 Å². The molecule has 1 unspecified atom stereocenters. The second-order valence-electron chi connectivity index (χ2n) is 6.72. The van der Waals surface area contributed by atoms with Gasteiger partial charge in [-0.25, -0.2) is 0 Å². The van der Waals surface area contributed by atoms with Gasteiger partial charge in [-0.15, -0.1) is 0 Å². The van der Waals surface area contributed by atoms with Crippen LogP contribution >= 0.6 is 0 Å². The summed E-state index contributed by atoms with van der Waals surface area (Å²) in [6, 6.07) is 3.86. The molecule has 0 N–H and O–H groups in total. The molecule has 4 nitrogen and oxygen atoms in total. The first-order valence-corrected chi connectivity index (χ1v) is 8.56. The number of piperidine rings is 1. The maximum Gasteiger partial charge on any atom is 0.225 e. The van der Waals surface area contributed by atoms with Gasteiger partial charge >= 0.3 is 0 Å². The van der Waals surface area contributed by atoms with Crippen molar-refractivity contribution in [1.82, 2.24) is 9.88 Å². The Hall–Kier alpha value is -1.58. The molecule has 4 heteroatoms. The fourth-order valence-corrected chi connectivity index (χ4v) is 3.66. The Kier molecular flexibility index (Phi) is 4.96. The molecule has 0 spiro atoms. The average molecular weight is 302 g/mol. The summed E-state index contributed by atoms with van der Waals surface area (Å²) < 4.78 is 5.90. The van der Waals surface area contributed by atoms with E-state index in [4.69, 9.17) is 4.74 Å². The van der Waals surface area contributed by atoms with Crippen LogP contribution in [0.4, 0.5) is 0 Å². The Balaban J connectivity index is 1.51. The molecular formula is C18H26N2O2. The summed E-state index contributed by atoms with van der Waals surface area (Å²) in [6.45, 7) is 4.45. The zero-order chi connectivity index (χ0) is 15.4. The zero-order valence-electron chi connectivity index (χ0n) is 13.5. The second-order valence-corrected chi connectivity index (χ2v) is 6.72. The number of rotatable bonds is 4. The number of carbonyl (C=O) groups is 1. The third kappa shape index (κ3) is 3.79. The predicted molar refractivity (Wildman–Crippen MR) is 85.7 cm³/mol. The van der Waals surface area contributed by atoms with Crippen molar-refractivity contribution in [2.24, 2.45) is 11.8 Å². The van der Waals surface area contributed by atoms with Gasteiger partial charge in [-0.3, -0.25) is 9.78 Å². The molecule has 2 fully saturated rings. The van der Waals surface area contributed by atoms with Crippen molar-refractivity contribution in [3.8, 4) is 5.75 Å². The molecule has 22 heavy (non-hydrogen) atoms. The van der Waals surface area contributed by atoms with Gasteiger partial charge in [-0.1, -0.05) is 12.8 Å². The molecule has 0 radical (unpaired) electrons. The third-order valence-corrected chi connectivity index (χ3v) is 4.89. The minimum Gasteiger partial charge on any atom is -0.493 e. The number of aromatic nitrogens is 1. The van der Waals surface area contributed by atoms with E-state index in [1.165, 1.54) is 12.8 Å². The van der Waals surface area contributed by atoms with Gasteiger partial charge in [-0.05, 0) is 38.7 Å². The monoisotopic (exact) mass is 302 g/mol. The first kappa shape index (κ1) is 15.3. The van der Waals surface area contributed by atoms with Crippen molar-refractivity contribution in [2.45, 2.75) is 45.4 Å². The number of aryl methyl sites for hydroxylation is 1. The van der Waals surface area contributed by atoms with Crippen molar-refractivity contribution >= 4 is 5.91 Å². The number of nitrogens with zero attached hydrogens (tertiary/aromatic N) is 2. The Labute approximate surface area is 132 Å². The molecule has 1 atom stereocenters. The molecule has 0 aromatic carbocycles. The highest BCUT2D eigenvalue weighted by molar-refractivity contribution is 5.79. The molecule has 120 valence electrons. The highest BCUT2D eigenvalue weighted by Gasteiger charge is 2.30. The summed E-state index contributed by atoms with van der Waals surface area (Å²) in [5.74, 6) is 2.02. The van der Waals surface area contributed by atoms with Gasteiger partial charge in [0.1, 0.15) is 5.75 Å². The molecular weight excluding hydrogens is 276 g/mol. The number of ether oxygens (including phenoxy) is 1. The Morgan fingerprint density at radius 2 is 2.14 bits per heavy atom. The molecule has 1 amide bonds. The SMILES string of the molecule is Cc1cc(OCC2CCCN(C(=O)C3CCCC3)C2)ccn1. The summed E-state index contributed by atoms with van der Waals surface area (Å²) >= 11 is 0. The van der Waals surface area contributed by atoms with E-state index in [2.05, 4.69) is 9.88 Å². The van der Waals surface area contributed by atoms with E-state index < -0.39 is 0 Å². The molecule has 0 bridgehead atoms. The van der Waals surface area contributed by atoms with Gasteiger partial charge in [0.2, 0.25) is 5.91 Å². The molecule has 1 aromatic rings. The molecule has 1 aliphatic carbocycles. The number of carbonyl (C=O) groups excluding carboxylic acids is 1. The lowest BCUT2D eigenvalue weighted by Gasteiger charge is -2.34.